The number of halogens is 2. The Hall–Kier alpha value is -2.20. The van der Waals surface area contributed by atoms with Gasteiger partial charge in [0.1, 0.15) is 11.5 Å². The predicted molar refractivity (Wildman–Crippen MR) is 132 cm³/mol. The molecule has 0 aliphatic carbocycles. The highest BCUT2D eigenvalue weighted by atomic mass is 127. The van der Waals surface area contributed by atoms with Gasteiger partial charge in [0.25, 0.3) is 5.91 Å². The first-order valence-electron chi connectivity index (χ1n) is 9.15. The number of nitrogens with zero attached hydrogens (tertiary/aromatic N) is 2. The van der Waals surface area contributed by atoms with E-state index in [1.165, 1.54) is 0 Å². The molecule has 0 aromatic heterocycles. The number of carbonyl (C=O) groups is 1. The molecule has 7 nitrogen and oxygen atoms in total. The summed E-state index contributed by atoms with van der Waals surface area (Å²) in [7, 11) is 6.90. The second-order valence-electron chi connectivity index (χ2n) is 6.24. The van der Waals surface area contributed by atoms with E-state index in [1.807, 2.05) is 30.1 Å². The summed E-state index contributed by atoms with van der Waals surface area (Å²) in [6, 6.07) is 12.7. The van der Waals surface area contributed by atoms with Crippen LogP contribution in [0.2, 0.25) is 5.02 Å². The molecule has 0 spiro atoms. The Balaban J connectivity index is 0.00000450. The van der Waals surface area contributed by atoms with Crippen molar-refractivity contribution in [2.45, 2.75) is 6.54 Å². The summed E-state index contributed by atoms with van der Waals surface area (Å²) < 4.78 is 10.7. The highest BCUT2D eigenvalue weighted by Gasteiger charge is 2.12. The minimum absolute atomic E-state index is 0. The quantitative estimate of drug-likeness (QED) is 0.230. The third kappa shape index (κ3) is 7.24. The Labute approximate surface area is 199 Å². The first-order chi connectivity index (χ1) is 14.0. The Morgan fingerprint density at radius 3 is 2.43 bits per heavy atom. The van der Waals surface area contributed by atoms with Gasteiger partial charge in [-0.15, -0.1) is 24.0 Å². The zero-order valence-electron chi connectivity index (χ0n) is 17.6. The molecule has 0 saturated carbocycles. The lowest BCUT2D eigenvalue weighted by Crippen LogP contribution is -2.42. The van der Waals surface area contributed by atoms with Crippen molar-refractivity contribution in [3.05, 3.63) is 58.6 Å². The molecule has 9 heteroatoms. The van der Waals surface area contributed by atoms with Crippen molar-refractivity contribution in [3.63, 3.8) is 0 Å². The molecular formula is C21H28ClIN4O3. The summed E-state index contributed by atoms with van der Waals surface area (Å²) in [5.41, 5.74) is 1.47. The molecule has 0 fully saturated rings. The van der Waals surface area contributed by atoms with Crippen molar-refractivity contribution >= 4 is 47.4 Å². The summed E-state index contributed by atoms with van der Waals surface area (Å²) in [5, 5.41) is 6.51. The van der Waals surface area contributed by atoms with Gasteiger partial charge < -0.3 is 25.0 Å². The van der Waals surface area contributed by atoms with E-state index in [0.29, 0.717) is 36.2 Å². The number of methoxy groups -OCH3 is 2. The number of carbonyl (C=O) groups excluding carboxylic acids is 1. The van der Waals surface area contributed by atoms with Gasteiger partial charge >= 0.3 is 0 Å². The Bertz CT molecular complexity index is 864. The van der Waals surface area contributed by atoms with Crippen molar-refractivity contribution in [2.24, 2.45) is 4.99 Å². The van der Waals surface area contributed by atoms with Crippen LogP contribution in [0.4, 0.5) is 0 Å². The Morgan fingerprint density at radius 1 is 1.10 bits per heavy atom. The fourth-order valence-corrected chi connectivity index (χ4v) is 3.01. The van der Waals surface area contributed by atoms with Crippen LogP contribution < -0.4 is 20.1 Å². The van der Waals surface area contributed by atoms with Gasteiger partial charge in [0.05, 0.1) is 24.8 Å². The number of guanidine groups is 1. The molecule has 0 unspecified atom stereocenters. The Morgan fingerprint density at radius 2 is 1.80 bits per heavy atom. The van der Waals surface area contributed by atoms with Crippen LogP contribution in [0.15, 0.2) is 47.5 Å². The average Bonchev–Trinajstić information content (AvgIpc) is 2.74. The number of nitrogens with one attached hydrogen (secondary N) is 2. The first kappa shape index (κ1) is 25.8. The monoisotopic (exact) mass is 546 g/mol. The number of hydrogen-bond donors (Lipinski definition) is 2. The van der Waals surface area contributed by atoms with Crippen LogP contribution in [0, 0.1) is 0 Å². The highest BCUT2D eigenvalue weighted by Crippen LogP contribution is 2.25. The SMILES string of the molecule is CN=C(NCCNC(=O)c1ccccc1Cl)N(C)Cc1ccc(OC)cc1OC.I. The van der Waals surface area contributed by atoms with Gasteiger partial charge in [-0.1, -0.05) is 23.7 Å². The molecule has 2 aromatic carbocycles. The summed E-state index contributed by atoms with van der Waals surface area (Å²) in [6.45, 7) is 1.55. The number of aliphatic imine (C=N–C) groups is 1. The van der Waals surface area contributed by atoms with Crippen molar-refractivity contribution in [1.29, 1.82) is 0 Å². The van der Waals surface area contributed by atoms with E-state index in [4.69, 9.17) is 21.1 Å². The fraction of sp³-hybridized carbons (Fsp3) is 0.333. The summed E-state index contributed by atoms with van der Waals surface area (Å²) in [6.07, 6.45) is 0. The molecule has 0 bridgehead atoms. The van der Waals surface area contributed by atoms with Crippen molar-refractivity contribution in [3.8, 4) is 11.5 Å². The number of benzene rings is 2. The summed E-state index contributed by atoms with van der Waals surface area (Å²) in [5.74, 6) is 1.99. The second kappa shape index (κ2) is 13.2. The molecule has 2 N–H and O–H groups in total. The van der Waals surface area contributed by atoms with Gasteiger partial charge in [-0.3, -0.25) is 9.79 Å². The topological polar surface area (TPSA) is 75.2 Å². The fourth-order valence-electron chi connectivity index (χ4n) is 2.79. The predicted octanol–water partition coefficient (Wildman–Crippen LogP) is 3.41. The zero-order chi connectivity index (χ0) is 21.2. The second-order valence-corrected chi connectivity index (χ2v) is 6.65. The van der Waals surface area contributed by atoms with Gasteiger partial charge in [0.2, 0.25) is 0 Å². The maximum absolute atomic E-state index is 12.2. The third-order valence-corrected chi connectivity index (χ3v) is 4.62. The standard InChI is InChI=1S/C21H27ClN4O3.HI/c1-23-21(25-12-11-24-20(27)17-7-5-6-8-18(17)22)26(2)14-15-9-10-16(28-3)13-19(15)29-4;/h5-10,13H,11-12,14H2,1-4H3,(H,23,25)(H,24,27);1H. The molecule has 0 heterocycles. The van der Waals surface area contributed by atoms with Gasteiger partial charge in [-0.25, -0.2) is 0 Å². The van der Waals surface area contributed by atoms with E-state index >= 15 is 0 Å². The van der Waals surface area contributed by atoms with Gasteiger partial charge in [0.15, 0.2) is 5.96 Å². The maximum atomic E-state index is 12.2. The van der Waals surface area contributed by atoms with Crippen LogP contribution in [0.3, 0.4) is 0 Å². The lowest BCUT2D eigenvalue weighted by Gasteiger charge is -2.23. The number of ether oxygens (including phenoxy) is 2. The summed E-state index contributed by atoms with van der Waals surface area (Å²) >= 11 is 6.05. The van der Waals surface area contributed by atoms with Crippen LogP contribution in [0.25, 0.3) is 0 Å². The molecule has 2 rings (SSSR count). The van der Waals surface area contributed by atoms with Gasteiger partial charge in [-0.05, 0) is 24.3 Å². The van der Waals surface area contributed by atoms with Crippen LogP contribution in [-0.4, -0.2) is 58.2 Å². The average molecular weight is 547 g/mol. The number of amides is 1. The van der Waals surface area contributed by atoms with Crippen molar-refractivity contribution in [2.75, 3.05) is 41.4 Å². The van der Waals surface area contributed by atoms with Crippen LogP contribution in [-0.2, 0) is 6.54 Å². The molecule has 1 amide bonds. The molecule has 0 aliphatic rings. The number of rotatable bonds is 8. The Kier molecular flexibility index (Phi) is 11.3. The normalized spacial score (nSPS) is 10.6. The molecule has 0 radical (unpaired) electrons. The zero-order valence-corrected chi connectivity index (χ0v) is 20.7. The van der Waals surface area contributed by atoms with E-state index in [-0.39, 0.29) is 29.9 Å². The molecule has 30 heavy (non-hydrogen) atoms. The molecule has 0 saturated heterocycles. The molecule has 0 aliphatic heterocycles. The van der Waals surface area contributed by atoms with E-state index < -0.39 is 0 Å². The van der Waals surface area contributed by atoms with E-state index in [2.05, 4.69) is 15.6 Å². The molecule has 0 atom stereocenters. The van der Waals surface area contributed by atoms with Crippen molar-refractivity contribution < 1.29 is 14.3 Å². The van der Waals surface area contributed by atoms with Gasteiger partial charge in [0, 0.05) is 45.4 Å². The smallest absolute Gasteiger partial charge is 0.252 e. The molecular weight excluding hydrogens is 519 g/mol. The summed E-state index contributed by atoms with van der Waals surface area (Å²) in [4.78, 5) is 18.5. The van der Waals surface area contributed by atoms with E-state index in [9.17, 15) is 4.79 Å². The number of hydrogen-bond acceptors (Lipinski definition) is 4. The van der Waals surface area contributed by atoms with Crippen molar-refractivity contribution in [1.82, 2.24) is 15.5 Å². The minimum atomic E-state index is -0.205. The van der Waals surface area contributed by atoms with E-state index in [0.717, 1.165) is 17.1 Å². The lowest BCUT2D eigenvalue weighted by atomic mass is 10.2. The van der Waals surface area contributed by atoms with Crippen LogP contribution >= 0.6 is 35.6 Å². The first-order valence-corrected chi connectivity index (χ1v) is 9.53. The third-order valence-electron chi connectivity index (χ3n) is 4.29. The maximum Gasteiger partial charge on any atom is 0.252 e. The molecule has 2 aromatic rings. The van der Waals surface area contributed by atoms with Crippen LogP contribution in [0.1, 0.15) is 15.9 Å². The molecule has 164 valence electrons. The highest BCUT2D eigenvalue weighted by molar-refractivity contribution is 14.0. The van der Waals surface area contributed by atoms with Crippen LogP contribution in [0.5, 0.6) is 11.5 Å². The lowest BCUT2D eigenvalue weighted by molar-refractivity contribution is 0.0954. The largest absolute Gasteiger partial charge is 0.497 e. The minimum Gasteiger partial charge on any atom is -0.497 e. The van der Waals surface area contributed by atoms with Gasteiger partial charge in [-0.2, -0.15) is 0 Å². The van der Waals surface area contributed by atoms with E-state index in [1.54, 1.807) is 45.5 Å².